The summed E-state index contributed by atoms with van der Waals surface area (Å²) in [6.45, 7) is 6.22. The lowest BCUT2D eigenvalue weighted by Crippen LogP contribution is -2.37. The number of hydrogen-bond donors (Lipinski definition) is 1. The van der Waals surface area contributed by atoms with Gasteiger partial charge in [0.25, 0.3) is 0 Å². The molecule has 2 rings (SSSR count). The summed E-state index contributed by atoms with van der Waals surface area (Å²) in [6.07, 6.45) is 4.80. The van der Waals surface area contributed by atoms with Crippen LogP contribution < -0.4 is 5.32 Å². The van der Waals surface area contributed by atoms with Crippen molar-refractivity contribution in [3.8, 4) is 0 Å². The van der Waals surface area contributed by atoms with Gasteiger partial charge in [-0.15, -0.1) is 11.8 Å². The summed E-state index contributed by atoms with van der Waals surface area (Å²) < 4.78 is 0. The number of hydrogen-bond acceptors (Lipinski definition) is 2. The molecule has 0 spiro atoms. The zero-order chi connectivity index (χ0) is 13.8. The topological polar surface area (TPSA) is 29.1 Å². The second-order valence-corrected chi connectivity index (χ2v) is 6.91. The molecule has 1 aliphatic rings. The second kappa shape index (κ2) is 6.47. The first kappa shape index (κ1) is 14.4. The molecule has 1 N–H and O–H groups in total. The normalized spacial score (nSPS) is 17.4. The smallest absolute Gasteiger partial charge is 0.233 e. The zero-order valence-corrected chi connectivity index (χ0v) is 12.8. The summed E-state index contributed by atoms with van der Waals surface area (Å²) in [5.41, 5.74) is 2.58. The third-order valence-corrected chi connectivity index (χ3v) is 4.96. The quantitative estimate of drug-likeness (QED) is 0.847. The van der Waals surface area contributed by atoms with Gasteiger partial charge < -0.3 is 5.32 Å². The van der Waals surface area contributed by atoms with E-state index in [-0.39, 0.29) is 11.2 Å². The Labute approximate surface area is 120 Å². The Kier molecular flexibility index (Phi) is 4.92. The molecule has 1 fully saturated rings. The second-order valence-electron chi connectivity index (χ2n) is 5.50. The highest BCUT2D eigenvalue weighted by Gasteiger charge is 2.21. The Hall–Kier alpha value is -0.960. The van der Waals surface area contributed by atoms with E-state index in [1.54, 1.807) is 11.8 Å². The van der Waals surface area contributed by atoms with Gasteiger partial charge in [-0.1, -0.05) is 18.9 Å². The molecule has 1 aromatic rings. The van der Waals surface area contributed by atoms with E-state index in [0.717, 1.165) is 12.8 Å². The van der Waals surface area contributed by atoms with Crippen LogP contribution in [0.15, 0.2) is 23.1 Å². The van der Waals surface area contributed by atoms with E-state index in [0.29, 0.717) is 6.04 Å². The number of carbonyl (C=O) groups excluding carboxylic acids is 1. The fraction of sp³-hybridized carbons (Fsp3) is 0.562. The van der Waals surface area contributed by atoms with Gasteiger partial charge >= 0.3 is 0 Å². The van der Waals surface area contributed by atoms with E-state index in [1.807, 2.05) is 6.92 Å². The molecule has 0 aromatic heterocycles. The van der Waals surface area contributed by atoms with Crippen LogP contribution in [0.2, 0.25) is 0 Å². The Bertz CT molecular complexity index is 452. The fourth-order valence-electron chi connectivity index (χ4n) is 2.43. The van der Waals surface area contributed by atoms with Crippen LogP contribution >= 0.6 is 11.8 Å². The van der Waals surface area contributed by atoms with Crippen molar-refractivity contribution < 1.29 is 4.79 Å². The van der Waals surface area contributed by atoms with Crippen LogP contribution in [0.3, 0.4) is 0 Å². The fourth-order valence-corrected chi connectivity index (χ4v) is 3.41. The molecule has 0 heterocycles. The SMILES string of the molecule is Cc1ccc(S[C@@H](C)C(=O)NC2CCCC2)cc1C. The predicted octanol–water partition coefficient (Wildman–Crippen LogP) is 3.84. The Balaban J connectivity index is 1.90. The monoisotopic (exact) mass is 277 g/mol. The lowest BCUT2D eigenvalue weighted by molar-refractivity contribution is -0.120. The summed E-state index contributed by atoms with van der Waals surface area (Å²) in [5.74, 6) is 0.176. The van der Waals surface area contributed by atoms with E-state index in [4.69, 9.17) is 0 Å². The zero-order valence-electron chi connectivity index (χ0n) is 12.0. The van der Waals surface area contributed by atoms with Crippen molar-refractivity contribution in [2.24, 2.45) is 0 Å². The van der Waals surface area contributed by atoms with Gasteiger partial charge in [0.15, 0.2) is 0 Å². The lowest BCUT2D eigenvalue weighted by atomic mass is 10.1. The number of carbonyl (C=O) groups is 1. The highest BCUT2D eigenvalue weighted by atomic mass is 32.2. The van der Waals surface area contributed by atoms with Crippen molar-refractivity contribution >= 4 is 17.7 Å². The number of nitrogens with one attached hydrogen (secondary N) is 1. The van der Waals surface area contributed by atoms with E-state index >= 15 is 0 Å². The van der Waals surface area contributed by atoms with Gasteiger partial charge in [-0.2, -0.15) is 0 Å². The van der Waals surface area contributed by atoms with Crippen LogP contribution in [0.4, 0.5) is 0 Å². The van der Waals surface area contributed by atoms with Gasteiger partial charge in [-0.25, -0.2) is 0 Å². The van der Waals surface area contributed by atoms with Crippen LogP contribution in [0, 0.1) is 13.8 Å². The molecule has 1 saturated carbocycles. The molecular weight excluding hydrogens is 254 g/mol. The highest BCUT2D eigenvalue weighted by Crippen LogP contribution is 2.26. The van der Waals surface area contributed by atoms with Gasteiger partial charge in [-0.05, 0) is 56.9 Å². The van der Waals surface area contributed by atoms with Gasteiger partial charge in [0.2, 0.25) is 5.91 Å². The van der Waals surface area contributed by atoms with E-state index in [9.17, 15) is 4.79 Å². The minimum absolute atomic E-state index is 0.0253. The van der Waals surface area contributed by atoms with Gasteiger partial charge in [0.1, 0.15) is 0 Å². The highest BCUT2D eigenvalue weighted by molar-refractivity contribution is 8.00. The first-order valence-corrected chi connectivity index (χ1v) is 7.98. The van der Waals surface area contributed by atoms with E-state index in [2.05, 4.69) is 37.4 Å². The molecule has 3 heteroatoms. The van der Waals surface area contributed by atoms with Crippen LogP contribution in [0.5, 0.6) is 0 Å². The number of benzene rings is 1. The molecule has 1 aromatic carbocycles. The summed E-state index contributed by atoms with van der Waals surface area (Å²) in [7, 11) is 0. The van der Waals surface area contributed by atoms with Crippen LogP contribution in [-0.4, -0.2) is 17.2 Å². The number of rotatable bonds is 4. The molecule has 0 bridgehead atoms. The van der Waals surface area contributed by atoms with Crippen molar-refractivity contribution in [2.45, 2.75) is 62.6 Å². The first-order valence-electron chi connectivity index (χ1n) is 7.10. The molecule has 1 atom stereocenters. The van der Waals surface area contributed by atoms with Crippen molar-refractivity contribution in [1.82, 2.24) is 5.32 Å². The van der Waals surface area contributed by atoms with E-state index < -0.39 is 0 Å². The summed E-state index contributed by atoms with van der Waals surface area (Å²) in [4.78, 5) is 13.3. The minimum Gasteiger partial charge on any atom is -0.352 e. The molecule has 19 heavy (non-hydrogen) atoms. The van der Waals surface area contributed by atoms with Crippen LogP contribution in [-0.2, 0) is 4.79 Å². The Morgan fingerprint density at radius 3 is 2.58 bits per heavy atom. The average molecular weight is 277 g/mol. The number of aryl methyl sites for hydroxylation is 2. The van der Waals surface area contributed by atoms with Crippen molar-refractivity contribution in [3.63, 3.8) is 0 Å². The Morgan fingerprint density at radius 2 is 1.95 bits per heavy atom. The van der Waals surface area contributed by atoms with Crippen molar-refractivity contribution in [3.05, 3.63) is 29.3 Å². The minimum atomic E-state index is -0.0253. The largest absolute Gasteiger partial charge is 0.352 e. The maximum Gasteiger partial charge on any atom is 0.233 e. The van der Waals surface area contributed by atoms with Crippen LogP contribution in [0.1, 0.15) is 43.7 Å². The molecule has 0 aliphatic heterocycles. The molecule has 0 unspecified atom stereocenters. The Morgan fingerprint density at radius 1 is 1.26 bits per heavy atom. The molecule has 0 saturated heterocycles. The predicted molar refractivity (Wildman–Crippen MR) is 81.6 cm³/mol. The van der Waals surface area contributed by atoms with Crippen molar-refractivity contribution in [1.29, 1.82) is 0 Å². The van der Waals surface area contributed by atoms with E-state index in [1.165, 1.54) is 28.9 Å². The third kappa shape index (κ3) is 4.00. The van der Waals surface area contributed by atoms with Crippen LogP contribution in [0.25, 0.3) is 0 Å². The number of thioether (sulfide) groups is 1. The first-order chi connectivity index (χ1) is 9.06. The molecule has 2 nitrogen and oxygen atoms in total. The molecule has 1 aliphatic carbocycles. The maximum absolute atomic E-state index is 12.1. The van der Waals surface area contributed by atoms with Crippen molar-refractivity contribution in [2.75, 3.05) is 0 Å². The maximum atomic E-state index is 12.1. The average Bonchev–Trinajstić information content (AvgIpc) is 2.86. The molecule has 0 radical (unpaired) electrons. The summed E-state index contributed by atoms with van der Waals surface area (Å²) >= 11 is 1.65. The standard InChI is InChI=1S/C16H23NOS/c1-11-8-9-15(10-12(11)2)19-13(3)16(18)17-14-6-4-5-7-14/h8-10,13-14H,4-7H2,1-3H3,(H,17,18)/t13-/m0/s1. The lowest BCUT2D eigenvalue weighted by Gasteiger charge is -2.16. The summed E-state index contributed by atoms with van der Waals surface area (Å²) in [5, 5.41) is 3.14. The molecular formula is C16H23NOS. The van der Waals surface area contributed by atoms with Gasteiger partial charge in [-0.3, -0.25) is 4.79 Å². The third-order valence-electron chi connectivity index (χ3n) is 3.86. The molecule has 1 amide bonds. The van der Waals surface area contributed by atoms with Gasteiger partial charge in [0, 0.05) is 10.9 Å². The molecule has 104 valence electrons. The number of amides is 1. The van der Waals surface area contributed by atoms with Gasteiger partial charge in [0.05, 0.1) is 5.25 Å². The summed E-state index contributed by atoms with van der Waals surface area (Å²) in [6, 6.07) is 6.81.